The molecule has 0 radical (unpaired) electrons. The lowest BCUT2D eigenvalue weighted by Gasteiger charge is -2.13. The Balaban J connectivity index is 1.81. The molecule has 0 bridgehead atoms. The van der Waals surface area contributed by atoms with Gasteiger partial charge in [0.05, 0.1) is 11.8 Å². The number of anilines is 2. The van der Waals surface area contributed by atoms with Crippen LogP contribution in [-0.4, -0.2) is 17.8 Å². The van der Waals surface area contributed by atoms with Gasteiger partial charge in [-0.2, -0.15) is 0 Å². The highest BCUT2D eigenvalue weighted by atomic mass is 16.5. The Morgan fingerprint density at radius 3 is 2.68 bits per heavy atom. The minimum absolute atomic E-state index is 0.125. The molecule has 4 heteroatoms. The van der Waals surface area contributed by atoms with Crippen molar-refractivity contribution >= 4 is 11.4 Å². The molecule has 0 aromatic heterocycles. The monoisotopic (exact) mass is 300 g/mol. The number of phenolic OH excluding ortho intramolecular Hbond substituents is 1. The van der Waals surface area contributed by atoms with Crippen LogP contribution in [-0.2, 0) is 6.42 Å². The molecule has 0 spiro atoms. The highest BCUT2D eigenvalue weighted by Gasteiger charge is 2.04. The maximum atomic E-state index is 9.40. The largest absolute Gasteiger partial charge is 0.508 e. The molecule has 0 saturated heterocycles. The number of rotatable bonds is 7. The summed E-state index contributed by atoms with van der Waals surface area (Å²) < 4.78 is 5.63. The normalized spacial score (nSPS) is 10.7. The Morgan fingerprint density at radius 2 is 2.00 bits per heavy atom. The minimum atomic E-state index is 0.125. The van der Waals surface area contributed by atoms with Gasteiger partial charge in [0.25, 0.3) is 0 Å². The molecule has 22 heavy (non-hydrogen) atoms. The lowest BCUT2D eigenvalue weighted by Crippen LogP contribution is -2.08. The van der Waals surface area contributed by atoms with Crippen LogP contribution in [0.1, 0.15) is 25.8 Å². The number of benzene rings is 2. The van der Waals surface area contributed by atoms with Crippen molar-refractivity contribution < 1.29 is 9.84 Å². The fourth-order valence-corrected chi connectivity index (χ4v) is 2.26. The first-order valence-electron chi connectivity index (χ1n) is 7.62. The van der Waals surface area contributed by atoms with Gasteiger partial charge in [-0.05, 0) is 56.5 Å². The molecule has 0 unspecified atom stereocenters. The first-order valence-corrected chi connectivity index (χ1v) is 7.62. The van der Waals surface area contributed by atoms with E-state index in [1.807, 2.05) is 38.1 Å². The van der Waals surface area contributed by atoms with E-state index < -0.39 is 0 Å². The van der Waals surface area contributed by atoms with Gasteiger partial charge in [0.15, 0.2) is 0 Å². The molecule has 0 aliphatic carbocycles. The summed E-state index contributed by atoms with van der Waals surface area (Å²) in [7, 11) is 0. The molecule has 0 aliphatic rings. The molecule has 118 valence electrons. The van der Waals surface area contributed by atoms with Crippen molar-refractivity contribution in [3.63, 3.8) is 0 Å². The van der Waals surface area contributed by atoms with Crippen molar-refractivity contribution in [3.05, 3.63) is 48.0 Å². The molecular weight excluding hydrogens is 276 g/mol. The van der Waals surface area contributed by atoms with Gasteiger partial charge in [-0.15, -0.1) is 0 Å². The molecule has 0 atom stereocenters. The number of nitrogens with one attached hydrogen (secondary N) is 1. The first-order chi connectivity index (χ1) is 10.5. The lowest BCUT2D eigenvalue weighted by atomic mass is 10.1. The maximum Gasteiger partial charge on any atom is 0.142 e. The van der Waals surface area contributed by atoms with Gasteiger partial charge >= 0.3 is 0 Å². The molecule has 4 N–H and O–H groups in total. The molecule has 2 aromatic rings. The van der Waals surface area contributed by atoms with E-state index >= 15 is 0 Å². The third-order valence-electron chi connectivity index (χ3n) is 3.25. The van der Waals surface area contributed by atoms with Crippen molar-refractivity contribution in [2.45, 2.75) is 32.8 Å². The van der Waals surface area contributed by atoms with Gasteiger partial charge in [-0.25, -0.2) is 0 Å². The van der Waals surface area contributed by atoms with E-state index in [-0.39, 0.29) is 11.9 Å². The Kier molecular flexibility index (Phi) is 5.53. The highest BCUT2D eigenvalue weighted by molar-refractivity contribution is 5.54. The van der Waals surface area contributed by atoms with Crippen molar-refractivity contribution in [1.29, 1.82) is 0 Å². The highest BCUT2D eigenvalue weighted by Crippen LogP contribution is 2.24. The van der Waals surface area contributed by atoms with Crippen LogP contribution in [0.15, 0.2) is 42.5 Å². The third-order valence-corrected chi connectivity index (χ3v) is 3.25. The van der Waals surface area contributed by atoms with E-state index in [0.29, 0.717) is 5.69 Å². The van der Waals surface area contributed by atoms with Crippen molar-refractivity contribution in [2.24, 2.45) is 0 Å². The average molecular weight is 300 g/mol. The predicted molar refractivity (Wildman–Crippen MR) is 91.5 cm³/mol. The topological polar surface area (TPSA) is 67.5 Å². The fourth-order valence-electron chi connectivity index (χ4n) is 2.26. The van der Waals surface area contributed by atoms with E-state index in [1.54, 1.807) is 12.1 Å². The Morgan fingerprint density at radius 1 is 1.18 bits per heavy atom. The van der Waals surface area contributed by atoms with E-state index in [1.165, 1.54) is 5.56 Å². The van der Waals surface area contributed by atoms with Crippen LogP contribution in [0.5, 0.6) is 11.5 Å². The van der Waals surface area contributed by atoms with Crippen molar-refractivity contribution in [3.8, 4) is 11.5 Å². The third kappa shape index (κ3) is 4.88. The number of hydrogen-bond donors (Lipinski definition) is 3. The van der Waals surface area contributed by atoms with Gasteiger partial charge in [0.2, 0.25) is 0 Å². The molecular formula is C18H24N2O2. The van der Waals surface area contributed by atoms with Crippen LogP contribution in [0.25, 0.3) is 0 Å². The molecule has 2 rings (SSSR count). The number of nitrogens with two attached hydrogens (primary N) is 1. The summed E-state index contributed by atoms with van der Waals surface area (Å²) >= 11 is 0. The van der Waals surface area contributed by atoms with E-state index in [9.17, 15) is 5.11 Å². The number of hydrogen-bond acceptors (Lipinski definition) is 4. The predicted octanol–water partition coefficient (Wildman–Crippen LogP) is 3.81. The summed E-state index contributed by atoms with van der Waals surface area (Å²) in [5, 5.41) is 12.7. The number of ether oxygens (including phenoxy) is 1. The zero-order chi connectivity index (χ0) is 15.9. The standard InChI is InChI=1S/C18H24N2O2/c1-13(2)22-18-9-8-14(11-17(18)19)5-4-10-20-15-6-3-7-16(21)12-15/h3,6-9,11-13,20-21H,4-5,10,19H2,1-2H3. The second kappa shape index (κ2) is 7.59. The number of aromatic hydroxyl groups is 1. The number of aryl methyl sites for hydroxylation is 1. The zero-order valence-electron chi connectivity index (χ0n) is 13.2. The van der Waals surface area contributed by atoms with Crippen LogP contribution in [0.2, 0.25) is 0 Å². The van der Waals surface area contributed by atoms with Gasteiger partial charge in [-0.3, -0.25) is 0 Å². The minimum Gasteiger partial charge on any atom is -0.508 e. The SMILES string of the molecule is CC(C)Oc1ccc(CCCNc2cccc(O)c2)cc1N. The van der Waals surface area contributed by atoms with E-state index in [4.69, 9.17) is 10.5 Å². The summed E-state index contributed by atoms with van der Waals surface area (Å²) in [6.07, 6.45) is 2.05. The first kappa shape index (κ1) is 16.0. The van der Waals surface area contributed by atoms with Crippen molar-refractivity contribution in [1.82, 2.24) is 0 Å². The smallest absolute Gasteiger partial charge is 0.142 e. The summed E-state index contributed by atoms with van der Waals surface area (Å²) in [5.74, 6) is 1.02. The summed E-state index contributed by atoms with van der Waals surface area (Å²) in [4.78, 5) is 0. The molecule has 2 aromatic carbocycles. The Hall–Kier alpha value is -2.36. The quantitative estimate of drug-likeness (QED) is 0.537. The number of nitrogen functional groups attached to an aromatic ring is 1. The van der Waals surface area contributed by atoms with Gasteiger partial charge < -0.3 is 20.9 Å². The second-order valence-electron chi connectivity index (χ2n) is 5.62. The molecule has 0 amide bonds. The van der Waals surface area contributed by atoms with Gasteiger partial charge in [0, 0.05) is 18.3 Å². The summed E-state index contributed by atoms with van der Waals surface area (Å²) in [6.45, 7) is 4.81. The van der Waals surface area contributed by atoms with Crippen molar-refractivity contribution in [2.75, 3.05) is 17.6 Å². The van der Waals surface area contributed by atoms with E-state index in [0.717, 1.165) is 30.8 Å². The summed E-state index contributed by atoms with van der Waals surface area (Å²) in [5.41, 5.74) is 8.83. The van der Waals surface area contributed by atoms with Crippen LogP contribution < -0.4 is 15.8 Å². The Bertz CT molecular complexity index is 612. The molecule has 4 nitrogen and oxygen atoms in total. The molecule has 0 aliphatic heterocycles. The van der Waals surface area contributed by atoms with Gasteiger partial charge in [-0.1, -0.05) is 12.1 Å². The maximum absolute atomic E-state index is 9.40. The molecule has 0 heterocycles. The van der Waals surface area contributed by atoms with Crippen LogP contribution in [0.4, 0.5) is 11.4 Å². The van der Waals surface area contributed by atoms with Gasteiger partial charge in [0.1, 0.15) is 11.5 Å². The van der Waals surface area contributed by atoms with Crippen LogP contribution in [0.3, 0.4) is 0 Å². The van der Waals surface area contributed by atoms with Crippen LogP contribution in [0, 0.1) is 0 Å². The molecule has 0 saturated carbocycles. The average Bonchev–Trinajstić information content (AvgIpc) is 2.46. The lowest BCUT2D eigenvalue weighted by molar-refractivity contribution is 0.244. The van der Waals surface area contributed by atoms with Crippen LogP contribution >= 0.6 is 0 Å². The molecule has 0 fully saturated rings. The number of phenols is 1. The Labute approximate surface area is 131 Å². The van der Waals surface area contributed by atoms with E-state index in [2.05, 4.69) is 11.4 Å². The summed E-state index contributed by atoms with van der Waals surface area (Å²) in [6, 6.07) is 13.1. The zero-order valence-corrected chi connectivity index (χ0v) is 13.2. The fraction of sp³-hybridized carbons (Fsp3) is 0.333. The second-order valence-corrected chi connectivity index (χ2v) is 5.62.